The Labute approximate surface area is 143 Å². The molecule has 5 heteroatoms. The molecule has 1 fully saturated rings. The van der Waals surface area contributed by atoms with Crippen LogP contribution in [0, 0.1) is 12.3 Å². The fraction of sp³-hybridized carbons (Fsp3) is 0.579. The number of aliphatic carboxylic acids is 1. The van der Waals surface area contributed by atoms with Crippen molar-refractivity contribution in [1.29, 1.82) is 0 Å². The van der Waals surface area contributed by atoms with E-state index in [2.05, 4.69) is 6.07 Å². The van der Waals surface area contributed by atoms with Gasteiger partial charge in [-0.15, -0.1) is 0 Å². The molecule has 0 saturated carbocycles. The van der Waals surface area contributed by atoms with Gasteiger partial charge in [-0.25, -0.2) is 0 Å². The second-order valence-electron chi connectivity index (χ2n) is 6.90. The second-order valence-corrected chi connectivity index (χ2v) is 6.90. The van der Waals surface area contributed by atoms with Crippen LogP contribution in [0.3, 0.4) is 0 Å². The molecule has 0 spiro atoms. The molecule has 0 radical (unpaired) electrons. The Morgan fingerprint density at radius 2 is 2.08 bits per heavy atom. The molecule has 1 N–H and O–H groups in total. The van der Waals surface area contributed by atoms with Crippen molar-refractivity contribution >= 4 is 11.9 Å². The smallest absolute Gasteiger partial charge is 0.313 e. The topological polar surface area (TPSA) is 66.8 Å². The van der Waals surface area contributed by atoms with Crippen LogP contribution in [0.4, 0.5) is 0 Å². The van der Waals surface area contributed by atoms with Gasteiger partial charge < -0.3 is 14.7 Å². The van der Waals surface area contributed by atoms with Gasteiger partial charge in [-0.2, -0.15) is 0 Å². The van der Waals surface area contributed by atoms with Crippen LogP contribution in [0.15, 0.2) is 24.3 Å². The summed E-state index contributed by atoms with van der Waals surface area (Å²) >= 11 is 0. The van der Waals surface area contributed by atoms with Crippen LogP contribution in [-0.4, -0.2) is 48.7 Å². The summed E-state index contributed by atoms with van der Waals surface area (Å²) in [4.78, 5) is 26.1. The lowest BCUT2D eigenvalue weighted by Gasteiger charge is -2.39. The van der Waals surface area contributed by atoms with E-state index in [4.69, 9.17) is 4.74 Å². The molecule has 1 aliphatic rings. The number of carbonyl (C=O) groups excluding carboxylic acids is 1. The summed E-state index contributed by atoms with van der Waals surface area (Å²) in [5.41, 5.74) is 1.37. The summed E-state index contributed by atoms with van der Waals surface area (Å²) in [6, 6.07) is 8.07. The highest BCUT2D eigenvalue weighted by molar-refractivity contribution is 5.80. The quantitative estimate of drug-likeness (QED) is 0.869. The lowest BCUT2D eigenvalue weighted by molar-refractivity contribution is -0.159. The molecule has 1 heterocycles. The Morgan fingerprint density at radius 3 is 2.71 bits per heavy atom. The number of carboxylic acids is 1. The number of benzene rings is 1. The molecule has 132 valence electrons. The van der Waals surface area contributed by atoms with Gasteiger partial charge in [0.2, 0.25) is 5.91 Å². The average molecular weight is 333 g/mol. The molecular formula is C19H27NO4. The van der Waals surface area contributed by atoms with E-state index in [-0.39, 0.29) is 25.0 Å². The van der Waals surface area contributed by atoms with Crippen molar-refractivity contribution in [2.45, 2.75) is 39.0 Å². The Kier molecular flexibility index (Phi) is 5.99. The summed E-state index contributed by atoms with van der Waals surface area (Å²) in [6.45, 7) is 5.09. The van der Waals surface area contributed by atoms with Crippen molar-refractivity contribution in [3.63, 3.8) is 0 Å². The van der Waals surface area contributed by atoms with Gasteiger partial charge in [0, 0.05) is 26.6 Å². The van der Waals surface area contributed by atoms with E-state index in [1.165, 1.54) is 18.2 Å². The van der Waals surface area contributed by atoms with E-state index < -0.39 is 11.4 Å². The molecule has 1 aromatic rings. The minimum Gasteiger partial charge on any atom is -0.481 e. The fourth-order valence-electron chi connectivity index (χ4n) is 3.62. The molecule has 0 aliphatic carbocycles. The molecular weight excluding hydrogens is 306 g/mol. The number of methoxy groups -OCH3 is 1. The van der Waals surface area contributed by atoms with Crippen molar-refractivity contribution in [3.8, 4) is 0 Å². The standard InChI is InChI=1S/C19H27NO4/c1-14-7-4-5-8-16(14)15(2)11-17(21)20-10-6-9-19(12-20,13-24-3)18(22)23/h4-5,7-8,15H,6,9-13H2,1-3H3,(H,22,23)/t15-,19-/m0/s1. The third kappa shape index (κ3) is 3.96. The number of nitrogens with zero attached hydrogens (tertiary/aromatic N) is 1. The van der Waals surface area contributed by atoms with Gasteiger partial charge in [-0.05, 0) is 36.8 Å². The molecule has 24 heavy (non-hydrogen) atoms. The number of carbonyl (C=O) groups is 2. The molecule has 1 aromatic carbocycles. The lowest BCUT2D eigenvalue weighted by atomic mass is 9.80. The zero-order valence-corrected chi connectivity index (χ0v) is 14.7. The normalized spacial score (nSPS) is 22.2. The van der Waals surface area contributed by atoms with E-state index in [0.29, 0.717) is 25.8 Å². The minimum atomic E-state index is -0.978. The van der Waals surface area contributed by atoms with Crippen molar-refractivity contribution in [3.05, 3.63) is 35.4 Å². The Hall–Kier alpha value is -1.88. The first-order valence-corrected chi connectivity index (χ1v) is 8.45. The van der Waals surface area contributed by atoms with Gasteiger partial charge in [0.15, 0.2) is 0 Å². The molecule has 1 saturated heterocycles. The highest BCUT2D eigenvalue weighted by Gasteiger charge is 2.43. The third-order valence-corrected chi connectivity index (χ3v) is 5.00. The number of piperidine rings is 1. The zero-order chi connectivity index (χ0) is 17.7. The number of ether oxygens (including phenoxy) is 1. The van der Waals surface area contributed by atoms with E-state index in [0.717, 1.165) is 0 Å². The largest absolute Gasteiger partial charge is 0.481 e. The van der Waals surface area contributed by atoms with Gasteiger partial charge >= 0.3 is 5.97 Å². The summed E-state index contributed by atoms with van der Waals surface area (Å²) in [7, 11) is 1.51. The Morgan fingerprint density at radius 1 is 1.38 bits per heavy atom. The monoisotopic (exact) mass is 333 g/mol. The highest BCUT2D eigenvalue weighted by Crippen LogP contribution is 2.32. The predicted octanol–water partition coefficient (Wildman–Crippen LogP) is 2.83. The molecule has 5 nitrogen and oxygen atoms in total. The fourth-order valence-corrected chi connectivity index (χ4v) is 3.62. The number of hydrogen-bond donors (Lipinski definition) is 1. The van der Waals surface area contributed by atoms with Crippen LogP contribution in [-0.2, 0) is 14.3 Å². The molecule has 0 bridgehead atoms. The van der Waals surface area contributed by atoms with Crippen LogP contribution >= 0.6 is 0 Å². The van der Waals surface area contributed by atoms with Crippen LogP contribution in [0.5, 0.6) is 0 Å². The van der Waals surface area contributed by atoms with Crippen molar-refractivity contribution in [2.24, 2.45) is 5.41 Å². The maximum atomic E-state index is 12.7. The van der Waals surface area contributed by atoms with Gasteiger partial charge in [0.05, 0.1) is 6.61 Å². The van der Waals surface area contributed by atoms with Crippen LogP contribution in [0.25, 0.3) is 0 Å². The second kappa shape index (κ2) is 7.79. The first kappa shape index (κ1) is 18.5. The van der Waals surface area contributed by atoms with Crippen LogP contribution in [0.2, 0.25) is 0 Å². The molecule has 2 rings (SSSR count). The third-order valence-electron chi connectivity index (χ3n) is 5.00. The minimum absolute atomic E-state index is 0.0205. The highest BCUT2D eigenvalue weighted by atomic mass is 16.5. The zero-order valence-electron chi connectivity index (χ0n) is 14.7. The number of hydrogen-bond acceptors (Lipinski definition) is 3. The lowest BCUT2D eigenvalue weighted by Crippen LogP contribution is -2.52. The molecule has 1 aliphatic heterocycles. The Balaban J connectivity index is 2.06. The summed E-state index contributed by atoms with van der Waals surface area (Å²) in [5, 5.41) is 9.60. The van der Waals surface area contributed by atoms with Crippen molar-refractivity contribution in [1.82, 2.24) is 4.90 Å². The van der Waals surface area contributed by atoms with Crippen LogP contribution < -0.4 is 0 Å². The Bertz CT molecular complexity index is 597. The number of aryl methyl sites for hydroxylation is 1. The first-order valence-electron chi connectivity index (χ1n) is 8.45. The van der Waals surface area contributed by atoms with Gasteiger partial charge in [0.1, 0.15) is 5.41 Å². The SMILES string of the molecule is COC[C@]1(C(=O)O)CCCN(C(=O)C[C@H](C)c2ccccc2C)C1. The molecule has 0 aromatic heterocycles. The van der Waals surface area contributed by atoms with Gasteiger partial charge in [0.25, 0.3) is 0 Å². The predicted molar refractivity (Wildman–Crippen MR) is 92.0 cm³/mol. The van der Waals surface area contributed by atoms with E-state index in [1.807, 2.05) is 32.0 Å². The maximum absolute atomic E-state index is 12.7. The van der Waals surface area contributed by atoms with Crippen molar-refractivity contribution in [2.75, 3.05) is 26.8 Å². The maximum Gasteiger partial charge on any atom is 0.313 e. The molecule has 1 amide bonds. The summed E-state index contributed by atoms with van der Waals surface area (Å²) in [6.07, 6.45) is 1.64. The molecule has 0 unspecified atom stereocenters. The van der Waals surface area contributed by atoms with Crippen molar-refractivity contribution < 1.29 is 19.4 Å². The number of carboxylic acid groups (broad SMARTS) is 1. The van der Waals surface area contributed by atoms with E-state index >= 15 is 0 Å². The average Bonchev–Trinajstić information content (AvgIpc) is 2.55. The number of likely N-dealkylation sites (tertiary alicyclic amines) is 1. The van der Waals surface area contributed by atoms with E-state index in [9.17, 15) is 14.7 Å². The molecule has 2 atom stereocenters. The van der Waals surface area contributed by atoms with Gasteiger partial charge in [-0.1, -0.05) is 31.2 Å². The van der Waals surface area contributed by atoms with Gasteiger partial charge in [-0.3, -0.25) is 9.59 Å². The van der Waals surface area contributed by atoms with E-state index in [1.54, 1.807) is 4.90 Å². The summed E-state index contributed by atoms with van der Waals surface area (Å²) in [5.74, 6) is -0.747. The summed E-state index contributed by atoms with van der Waals surface area (Å²) < 4.78 is 5.12. The first-order chi connectivity index (χ1) is 11.4. The van der Waals surface area contributed by atoms with Crippen LogP contribution in [0.1, 0.15) is 43.2 Å². The number of rotatable bonds is 6. The number of amides is 1.